The van der Waals surface area contributed by atoms with E-state index in [0.29, 0.717) is 6.54 Å². The number of hydrogen-bond acceptors (Lipinski definition) is 4. The molecule has 0 heterocycles. The Labute approximate surface area is 128 Å². The van der Waals surface area contributed by atoms with Gasteiger partial charge < -0.3 is 15.8 Å². The first-order valence-electron chi connectivity index (χ1n) is 8.09. The summed E-state index contributed by atoms with van der Waals surface area (Å²) in [5.41, 5.74) is 5.41. The number of rotatable bonds is 6. The van der Waals surface area contributed by atoms with Crippen molar-refractivity contribution in [2.45, 2.75) is 64.8 Å². The number of carbonyl (C=O) groups is 2. The van der Waals surface area contributed by atoms with Crippen molar-refractivity contribution in [2.24, 2.45) is 17.1 Å². The largest absolute Gasteiger partial charge is 0.467 e. The Kier molecular flexibility index (Phi) is 7.15. The summed E-state index contributed by atoms with van der Waals surface area (Å²) < 4.78 is 4.83. The van der Waals surface area contributed by atoms with E-state index in [9.17, 15) is 9.59 Å². The molecule has 1 saturated carbocycles. The minimum Gasteiger partial charge on any atom is -0.467 e. The number of amides is 1. The van der Waals surface area contributed by atoms with E-state index in [-0.39, 0.29) is 17.8 Å². The molecular weight excluding hydrogens is 268 g/mol. The topological polar surface area (TPSA) is 81.4 Å². The summed E-state index contributed by atoms with van der Waals surface area (Å²) in [6, 6.07) is -0.584. The van der Waals surface area contributed by atoms with Gasteiger partial charge >= 0.3 is 5.97 Å². The van der Waals surface area contributed by atoms with Crippen LogP contribution in [0, 0.1) is 11.3 Å². The van der Waals surface area contributed by atoms with Crippen LogP contribution < -0.4 is 11.1 Å². The molecule has 3 N–H and O–H groups in total. The van der Waals surface area contributed by atoms with Crippen LogP contribution in [0.25, 0.3) is 0 Å². The van der Waals surface area contributed by atoms with Crippen molar-refractivity contribution in [2.75, 3.05) is 13.7 Å². The van der Waals surface area contributed by atoms with Gasteiger partial charge in [-0.3, -0.25) is 4.79 Å². The summed E-state index contributed by atoms with van der Waals surface area (Å²) in [5, 5.41) is 2.91. The van der Waals surface area contributed by atoms with Crippen LogP contribution in [0.2, 0.25) is 0 Å². The zero-order valence-electron chi connectivity index (χ0n) is 13.6. The minimum atomic E-state index is -0.584. The average molecular weight is 298 g/mol. The van der Waals surface area contributed by atoms with Crippen molar-refractivity contribution in [1.82, 2.24) is 5.32 Å². The smallest absolute Gasteiger partial charge is 0.328 e. The second kappa shape index (κ2) is 8.37. The highest BCUT2D eigenvalue weighted by Crippen LogP contribution is 2.34. The summed E-state index contributed by atoms with van der Waals surface area (Å²) in [6.45, 7) is 4.29. The maximum absolute atomic E-state index is 12.8. The Morgan fingerprint density at radius 3 is 2.24 bits per heavy atom. The molecule has 5 heteroatoms. The van der Waals surface area contributed by atoms with Gasteiger partial charge in [0, 0.05) is 6.54 Å². The molecule has 0 radical (unpaired) electrons. The van der Waals surface area contributed by atoms with Crippen LogP contribution in [0.5, 0.6) is 0 Å². The first-order chi connectivity index (χ1) is 10.0. The summed E-state index contributed by atoms with van der Waals surface area (Å²) in [4.78, 5) is 24.7. The van der Waals surface area contributed by atoms with Gasteiger partial charge in [-0.1, -0.05) is 46.0 Å². The van der Waals surface area contributed by atoms with Gasteiger partial charge in [0.15, 0.2) is 0 Å². The molecule has 1 fully saturated rings. The SMILES string of the molecule is CCC(C)C(NC(=O)C1(CN)CCCCCC1)C(=O)OC. The molecular formula is C16H30N2O3. The van der Waals surface area contributed by atoms with Crippen LogP contribution in [-0.2, 0) is 14.3 Å². The number of hydrogen-bond donors (Lipinski definition) is 2. The molecule has 0 saturated heterocycles. The van der Waals surface area contributed by atoms with Gasteiger partial charge in [0.2, 0.25) is 5.91 Å². The fourth-order valence-corrected chi connectivity index (χ4v) is 3.02. The van der Waals surface area contributed by atoms with Gasteiger partial charge in [-0.2, -0.15) is 0 Å². The molecule has 0 aromatic rings. The van der Waals surface area contributed by atoms with Crippen molar-refractivity contribution < 1.29 is 14.3 Å². The van der Waals surface area contributed by atoms with Crippen LogP contribution >= 0.6 is 0 Å². The molecule has 5 nitrogen and oxygen atoms in total. The monoisotopic (exact) mass is 298 g/mol. The van der Waals surface area contributed by atoms with Gasteiger partial charge in [-0.15, -0.1) is 0 Å². The lowest BCUT2D eigenvalue weighted by Gasteiger charge is -2.32. The molecule has 2 atom stereocenters. The number of ether oxygens (including phenoxy) is 1. The summed E-state index contributed by atoms with van der Waals surface area (Å²) in [5.74, 6) is -0.414. The Morgan fingerprint density at radius 1 is 1.24 bits per heavy atom. The molecule has 0 aromatic heterocycles. The predicted octanol–water partition coefficient (Wildman–Crippen LogP) is 1.99. The number of methoxy groups -OCH3 is 1. The number of nitrogens with one attached hydrogen (secondary N) is 1. The van der Waals surface area contributed by atoms with Gasteiger partial charge in [-0.25, -0.2) is 4.79 Å². The summed E-state index contributed by atoms with van der Waals surface area (Å²) in [7, 11) is 1.36. The van der Waals surface area contributed by atoms with E-state index in [0.717, 1.165) is 44.9 Å². The van der Waals surface area contributed by atoms with Crippen LogP contribution in [-0.4, -0.2) is 31.6 Å². The van der Waals surface area contributed by atoms with Crippen LogP contribution in [0.1, 0.15) is 58.8 Å². The molecule has 1 rings (SSSR count). The van der Waals surface area contributed by atoms with E-state index in [1.165, 1.54) is 7.11 Å². The molecule has 21 heavy (non-hydrogen) atoms. The fourth-order valence-electron chi connectivity index (χ4n) is 3.02. The van der Waals surface area contributed by atoms with Crippen molar-refractivity contribution in [3.05, 3.63) is 0 Å². The summed E-state index contributed by atoms with van der Waals surface area (Å²) >= 11 is 0. The maximum Gasteiger partial charge on any atom is 0.328 e. The van der Waals surface area contributed by atoms with Crippen LogP contribution in [0.3, 0.4) is 0 Å². The molecule has 1 amide bonds. The standard InChI is InChI=1S/C16H30N2O3/c1-4-12(2)13(14(19)21-3)18-15(20)16(11-17)9-7-5-6-8-10-16/h12-13H,4-11,17H2,1-3H3,(H,18,20). The zero-order valence-corrected chi connectivity index (χ0v) is 13.6. The van der Waals surface area contributed by atoms with Gasteiger partial charge in [0.25, 0.3) is 0 Å². The molecule has 2 unspecified atom stereocenters. The zero-order chi connectivity index (χ0) is 15.9. The molecule has 0 spiro atoms. The number of nitrogens with two attached hydrogens (primary N) is 1. The third kappa shape index (κ3) is 4.43. The maximum atomic E-state index is 12.8. The van der Waals surface area contributed by atoms with Crippen molar-refractivity contribution >= 4 is 11.9 Å². The molecule has 122 valence electrons. The van der Waals surface area contributed by atoms with E-state index in [1.54, 1.807) is 0 Å². The van der Waals surface area contributed by atoms with Crippen LogP contribution in [0.15, 0.2) is 0 Å². The third-order valence-electron chi connectivity index (χ3n) is 4.89. The van der Waals surface area contributed by atoms with E-state index < -0.39 is 11.5 Å². The molecule has 1 aliphatic rings. The van der Waals surface area contributed by atoms with Gasteiger partial charge in [0.05, 0.1) is 12.5 Å². The highest BCUT2D eigenvalue weighted by molar-refractivity contribution is 5.88. The lowest BCUT2D eigenvalue weighted by molar-refractivity contribution is -0.148. The Hall–Kier alpha value is -1.10. The van der Waals surface area contributed by atoms with Crippen molar-refractivity contribution in [3.8, 4) is 0 Å². The van der Waals surface area contributed by atoms with Gasteiger partial charge in [-0.05, 0) is 18.8 Å². The van der Waals surface area contributed by atoms with Crippen LogP contribution in [0.4, 0.5) is 0 Å². The van der Waals surface area contributed by atoms with E-state index in [4.69, 9.17) is 10.5 Å². The normalized spacial score (nSPS) is 21.0. The quantitative estimate of drug-likeness (QED) is 0.580. The Balaban J connectivity index is 2.85. The fraction of sp³-hybridized carbons (Fsp3) is 0.875. The molecule has 0 aromatic carbocycles. The predicted molar refractivity (Wildman–Crippen MR) is 82.6 cm³/mol. The average Bonchev–Trinajstić information content (AvgIpc) is 2.77. The lowest BCUT2D eigenvalue weighted by atomic mass is 9.79. The first-order valence-corrected chi connectivity index (χ1v) is 8.09. The minimum absolute atomic E-state index is 0.0435. The van der Waals surface area contributed by atoms with E-state index >= 15 is 0 Å². The summed E-state index contributed by atoms with van der Waals surface area (Å²) in [6.07, 6.45) is 6.78. The number of carbonyl (C=O) groups excluding carboxylic acids is 2. The molecule has 1 aliphatic carbocycles. The highest BCUT2D eigenvalue weighted by atomic mass is 16.5. The van der Waals surface area contributed by atoms with Gasteiger partial charge in [0.1, 0.15) is 6.04 Å². The van der Waals surface area contributed by atoms with Crippen molar-refractivity contribution in [3.63, 3.8) is 0 Å². The third-order valence-corrected chi connectivity index (χ3v) is 4.89. The van der Waals surface area contributed by atoms with E-state index in [2.05, 4.69) is 5.32 Å². The van der Waals surface area contributed by atoms with Crippen molar-refractivity contribution in [1.29, 1.82) is 0 Å². The Morgan fingerprint density at radius 2 is 1.81 bits per heavy atom. The number of esters is 1. The molecule has 0 aliphatic heterocycles. The van der Waals surface area contributed by atoms with E-state index in [1.807, 2.05) is 13.8 Å². The second-order valence-corrected chi connectivity index (χ2v) is 6.26. The Bertz CT molecular complexity index is 349. The second-order valence-electron chi connectivity index (χ2n) is 6.26. The lowest BCUT2D eigenvalue weighted by Crippen LogP contribution is -2.53. The first kappa shape index (κ1) is 18.0. The molecule has 0 bridgehead atoms. The highest BCUT2D eigenvalue weighted by Gasteiger charge is 2.40.